The fourth-order valence-electron chi connectivity index (χ4n) is 3.10. The number of aromatic amines is 1. The number of aryl methyl sites for hydroxylation is 2. The molecule has 0 aliphatic heterocycles. The van der Waals surface area contributed by atoms with Gasteiger partial charge in [-0.05, 0) is 43.7 Å². The van der Waals surface area contributed by atoms with Crippen molar-refractivity contribution in [1.82, 2.24) is 15.0 Å². The summed E-state index contributed by atoms with van der Waals surface area (Å²) in [5.74, 6) is 0.342. The van der Waals surface area contributed by atoms with Gasteiger partial charge in [-0.25, -0.2) is 9.97 Å². The van der Waals surface area contributed by atoms with E-state index in [1.807, 2.05) is 31.2 Å². The molecule has 1 amide bonds. The van der Waals surface area contributed by atoms with Crippen LogP contribution in [0.3, 0.4) is 0 Å². The lowest BCUT2D eigenvalue weighted by Crippen LogP contribution is -2.27. The van der Waals surface area contributed by atoms with Crippen LogP contribution in [0, 0.1) is 13.8 Å². The van der Waals surface area contributed by atoms with Crippen molar-refractivity contribution in [3.05, 3.63) is 59.9 Å². The fraction of sp³-hybridized carbons (Fsp3) is 0.190. The van der Waals surface area contributed by atoms with Crippen LogP contribution in [-0.2, 0) is 4.79 Å². The Morgan fingerprint density at radius 2 is 1.93 bits per heavy atom. The van der Waals surface area contributed by atoms with Gasteiger partial charge in [0.2, 0.25) is 5.91 Å². The third-order valence-electron chi connectivity index (χ3n) is 4.60. The van der Waals surface area contributed by atoms with Gasteiger partial charge in [-0.1, -0.05) is 35.5 Å². The summed E-state index contributed by atoms with van der Waals surface area (Å²) in [6, 6.07) is 14.2. The van der Waals surface area contributed by atoms with Gasteiger partial charge in [0, 0.05) is 23.6 Å². The molecule has 4 rings (SSSR count). The number of hydrogen-bond acceptors (Lipinski definition) is 4. The summed E-state index contributed by atoms with van der Waals surface area (Å²) >= 11 is 1.43. The van der Waals surface area contributed by atoms with Crippen molar-refractivity contribution >= 4 is 45.3 Å². The summed E-state index contributed by atoms with van der Waals surface area (Å²) in [6.45, 7) is 4.08. The number of amides is 1. The van der Waals surface area contributed by atoms with Gasteiger partial charge in [0.15, 0.2) is 0 Å². The maximum Gasteiger partial charge on any atom is 0.237 e. The van der Waals surface area contributed by atoms with Crippen molar-refractivity contribution < 1.29 is 4.79 Å². The van der Waals surface area contributed by atoms with Crippen LogP contribution in [0.15, 0.2) is 53.8 Å². The molecule has 0 atom stereocenters. The first kappa shape index (κ1) is 17.5. The highest BCUT2D eigenvalue weighted by Gasteiger charge is 2.15. The number of H-pyrrole nitrogens is 1. The predicted molar refractivity (Wildman–Crippen MR) is 111 cm³/mol. The Balaban J connectivity index is 1.58. The maximum absolute atomic E-state index is 12.6. The Bertz CT molecular complexity index is 1150. The molecule has 0 saturated carbocycles. The first-order valence-electron chi connectivity index (χ1n) is 8.72. The third-order valence-corrected chi connectivity index (χ3v) is 5.57. The monoisotopic (exact) mass is 376 g/mol. The van der Waals surface area contributed by atoms with Crippen LogP contribution in [0.4, 0.5) is 5.69 Å². The molecule has 0 unspecified atom stereocenters. The molecule has 1 N–H and O–H groups in total. The predicted octanol–water partition coefficient (Wildman–Crippen LogP) is 4.48. The first-order valence-corrected chi connectivity index (χ1v) is 9.70. The number of carbonyl (C=O) groups excluding carboxylic acids is 1. The zero-order valence-corrected chi connectivity index (χ0v) is 16.3. The molecule has 0 saturated heterocycles. The highest BCUT2D eigenvalue weighted by molar-refractivity contribution is 8.00. The van der Waals surface area contributed by atoms with Crippen LogP contribution < -0.4 is 4.90 Å². The summed E-state index contributed by atoms with van der Waals surface area (Å²) in [5, 5.41) is 1.87. The Morgan fingerprint density at radius 1 is 1.11 bits per heavy atom. The van der Waals surface area contributed by atoms with Gasteiger partial charge in [-0.2, -0.15) is 0 Å². The SMILES string of the molecule is Cc1cccc(N(C)C(=O)CSc2ncnc3c2[nH]c2ccc(C)cc23)c1. The van der Waals surface area contributed by atoms with E-state index in [1.54, 1.807) is 18.3 Å². The standard InChI is InChI=1S/C21H20N4OS/c1-13-5-4-6-15(9-13)25(3)18(26)11-27-21-20-19(22-12-23-21)16-10-14(2)7-8-17(16)24-20/h4-10,12,24H,11H2,1-3H3. The second-order valence-electron chi connectivity index (χ2n) is 6.66. The van der Waals surface area contributed by atoms with Crippen LogP contribution >= 0.6 is 11.8 Å². The molecule has 0 bridgehead atoms. The molecule has 5 nitrogen and oxygen atoms in total. The first-order chi connectivity index (χ1) is 13.0. The fourth-order valence-corrected chi connectivity index (χ4v) is 3.97. The number of nitrogens with zero attached hydrogens (tertiary/aromatic N) is 3. The van der Waals surface area contributed by atoms with Gasteiger partial charge in [0.1, 0.15) is 16.9 Å². The Hall–Kier alpha value is -2.86. The molecule has 2 heterocycles. The van der Waals surface area contributed by atoms with E-state index in [0.29, 0.717) is 5.75 Å². The molecule has 0 fully saturated rings. The molecule has 2 aromatic heterocycles. The van der Waals surface area contributed by atoms with Gasteiger partial charge < -0.3 is 9.88 Å². The normalized spacial score (nSPS) is 11.2. The molecular formula is C21H20N4OS. The van der Waals surface area contributed by atoms with Crippen molar-refractivity contribution in [2.75, 3.05) is 17.7 Å². The van der Waals surface area contributed by atoms with E-state index in [-0.39, 0.29) is 5.91 Å². The molecule has 0 spiro atoms. The summed E-state index contributed by atoms with van der Waals surface area (Å²) in [5.41, 5.74) is 6.02. The lowest BCUT2D eigenvalue weighted by molar-refractivity contribution is -0.115. The van der Waals surface area contributed by atoms with E-state index in [9.17, 15) is 4.79 Å². The number of anilines is 1. The number of fused-ring (bicyclic) bond motifs is 3. The van der Waals surface area contributed by atoms with E-state index in [0.717, 1.165) is 38.2 Å². The van der Waals surface area contributed by atoms with E-state index < -0.39 is 0 Å². The second-order valence-corrected chi connectivity index (χ2v) is 7.62. The molecule has 0 aliphatic rings. The Labute approximate surface area is 161 Å². The van der Waals surface area contributed by atoms with Crippen molar-refractivity contribution in [3.8, 4) is 0 Å². The van der Waals surface area contributed by atoms with Gasteiger partial charge in [0.05, 0.1) is 11.3 Å². The Kier molecular flexibility index (Phi) is 4.58. The number of hydrogen-bond donors (Lipinski definition) is 1. The number of rotatable bonds is 4. The highest BCUT2D eigenvalue weighted by Crippen LogP contribution is 2.30. The smallest absolute Gasteiger partial charge is 0.237 e. The van der Waals surface area contributed by atoms with Crippen LogP contribution in [0.5, 0.6) is 0 Å². The minimum Gasteiger partial charge on any atom is -0.351 e. The topological polar surface area (TPSA) is 61.9 Å². The zero-order chi connectivity index (χ0) is 19.0. The molecule has 4 aromatic rings. The third kappa shape index (κ3) is 3.40. The second kappa shape index (κ2) is 7.04. The molecule has 27 heavy (non-hydrogen) atoms. The molecular weight excluding hydrogens is 356 g/mol. The lowest BCUT2D eigenvalue weighted by atomic mass is 10.2. The van der Waals surface area contributed by atoms with E-state index in [4.69, 9.17) is 0 Å². The van der Waals surface area contributed by atoms with Crippen molar-refractivity contribution in [2.24, 2.45) is 0 Å². The van der Waals surface area contributed by atoms with Gasteiger partial charge in [-0.3, -0.25) is 4.79 Å². The van der Waals surface area contributed by atoms with Gasteiger partial charge >= 0.3 is 0 Å². The van der Waals surface area contributed by atoms with E-state index >= 15 is 0 Å². The highest BCUT2D eigenvalue weighted by atomic mass is 32.2. The van der Waals surface area contributed by atoms with Crippen LogP contribution in [0.2, 0.25) is 0 Å². The molecule has 2 aromatic carbocycles. The number of aromatic nitrogens is 3. The minimum absolute atomic E-state index is 0.0318. The minimum atomic E-state index is 0.0318. The van der Waals surface area contributed by atoms with Crippen molar-refractivity contribution in [1.29, 1.82) is 0 Å². The van der Waals surface area contributed by atoms with Crippen molar-refractivity contribution in [2.45, 2.75) is 18.9 Å². The summed E-state index contributed by atoms with van der Waals surface area (Å²) < 4.78 is 0. The number of benzene rings is 2. The summed E-state index contributed by atoms with van der Waals surface area (Å²) in [4.78, 5) is 26.5. The molecule has 136 valence electrons. The summed E-state index contributed by atoms with van der Waals surface area (Å²) in [6.07, 6.45) is 1.56. The maximum atomic E-state index is 12.6. The van der Waals surface area contributed by atoms with E-state index in [2.05, 4.69) is 40.1 Å². The average molecular weight is 376 g/mol. The van der Waals surface area contributed by atoms with Gasteiger partial charge in [0.25, 0.3) is 0 Å². The van der Waals surface area contributed by atoms with Crippen molar-refractivity contribution in [3.63, 3.8) is 0 Å². The molecule has 0 radical (unpaired) electrons. The molecule has 6 heteroatoms. The number of thioether (sulfide) groups is 1. The quantitative estimate of drug-likeness (QED) is 0.421. The molecule has 0 aliphatic carbocycles. The Morgan fingerprint density at radius 3 is 2.74 bits per heavy atom. The van der Waals surface area contributed by atoms with Crippen LogP contribution in [0.25, 0.3) is 21.9 Å². The average Bonchev–Trinajstić information content (AvgIpc) is 3.04. The number of nitrogens with one attached hydrogen (secondary N) is 1. The zero-order valence-electron chi connectivity index (χ0n) is 15.5. The van der Waals surface area contributed by atoms with Crippen LogP contribution in [-0.4, -0.2) is 33.7 Å². The van der Waals surface area contributed by atoms with E-state index in [1.165, 1.54) is 17.3 Å². The number of carbonyl (C=O) groups is 1. The van der Waals surface area contributed by atoms with Crippen LogP contribution in [0.1, 0.15) is 11.1 Å². The lowest BCUT2D eigenvalue weighted by Gasteiger charge is -2.17. The summed E-state index contributed by atoms with van der Waals surface area (Å²) in [7, 11) is 1.80. The largest absolute Gasteiger partial charge is 0.351 e. The van der Waals surface area contributed by atoms with Gasteiger partial charge in [-0.15, -0.1) is 0 Å².